The van der Waals surface area contributed by atoms with Gasteiger partial charge >= 0.3 is 0 Å². The molecule has 128 valence electrons. The number of fused-ring (bicyclic) bond motifs is 3. The molecular formula is C18H23N3O2S. The lowest BCUT2D eigenvalue weighted by molar-refractivity contribution is -0.123. The van der Waals surface area contributed by atoms with Crippen molar-refractivity contribution < 1.29 is 9.53 Å². The number of rotatable bonds is 4. The lowest BCUT2D eigenvalue weighted by Crippen LogP contribution is -2.36. The van der Waals surface area contributed by atoms with Crippen LogP contribution in [0.2, 0.25) is 0 Å². The van der Waals surface area contributed by atoms with Crippen LogP contribution in [0.4, 0.5) is 0 Å². The monoisotopic (exact) mass is 345 g/mol. The summed E-state index contributed by atoms with van der Waals surface area (Å²) in [5.41, 5.74) is 1.33. The molecule has 0 aromatic carbocycles. The summed E-state index contributed by atoms with van der Waals surface area (Å²) in [7, 11) is 0. The lowest BCUT2D eigenvalue weighted by atomic mass is 9.89. The second-order valence-corrected chi connectivity index (χ2v) is 8.13. The van der Waals surface area contributed by atoms with Crippen LogP contribution in [0.5, 0.6) is 5.88 Å². The molecule has 1 saturated carbocycles. The normalized spacial score (nSPS) is 21.0. The summed E-state index contributed by atoms with van der Waals surface area (Å²) in [6, 6.07) is 0.321. The highest BCUT2D eigenvalue weighted by Gasteiger charge is 2.24. The molecule has 2 aliphatic carbocycles. The van der Waals surface area contributed by atoms with Crippen LogP contribution < -0.4 is 10.1 Å². The molecule has 6 heteroatoms. The molecule has 0 bridgehead atoms. The number of hydrogen-bond donors (Lipinski definition) is 1. The van der Waals surface area contributed by atoms with Gasteiger partial charge in [0.15, 0.2) is 6.61 Å². The quantitative estimate of drug-likeness (QED) is 0.924. The third-order valence-corrected chi connectivity index (χ3v) is 6.28. The molecular weight excluding hydrogens is 322 g/mol. The molecule has 1 atom stereocenters. The predicted molar refractivity (Wildman–Crippen MR) is 94.5 cm³/mol. The van der Waals surface area contributed by atoms with Crippen molar-refractivity contribution in [3.63, 3.8) is 0 Å². The minimum atomic E-state index is -0.0496. The van der Waals surface area contributed by atoms with Gasteiger partial charge in [-0.3, -0.25) is 4.79 Å². The van der Waals surface area contributed by atoms with E-state index in [0.29, 0.717) is 11.9 Å². The van der Waals surface area contributed by atoms with Gasteiger partial charge < -0.3 is 10.1 Å². The summed E-state index contributed by atoms with van der Waals surface area (Å²) in [6.45, 7) is 2.33. The summed E-state index contributed by atoms with van der Waals surface area (Å²) in [5, 5.41) is 4.08. The molecule has 0 saturated heterocycles. The molecule has 2 aromatic heterocycles. The van der Waals surface area contributed by atoms with Gasteiger partial charge in [-0.1, -0.05) is 19.8 Å². The smallest absolute Gasteiger partial charge is 0.258 e. The number of carbonyl (C=O) groups excluding carboxylic acids is 1. The van der Waals surface area contributed by atoms with Gasteiger partial charge in [0.05, 0.1) is 5.39 Å². The Balaban J connectivity index is 1.50. The summed E-state index contributed by atoms with van der Waals surface area (Å²) in [6.07, 6.45) is 9.47. The zero-order chi connectivity index (χ0) is 16.5. The molecule has 2 aromatic rings. The van der Waals surface area contributed by atoms with Crippen molar-refractivity contribution in [1.82, 2.24) is 15.3 Å². The van der Waals surface area contributed by atoms with Gasteiger partial charge in [-0.25, -0.2) is 9.97 Å². The minimum Gasteiger partial charge on any atom is -0.467 e. The second kappa shape index (κ2) is 6.67. The zero-order valence-electron chi connectivity index (χ0n) is 14.0. The van der Waals surface area contributed by atoms with Gasteiger partial charge in [0.2, 0.25) is 5.88 Å². The number of nitrogens with one attached hydrogen (secondary N) is 1. The highest BCUT2D eigenvalue weighted by molar-refractivity contribution is 7.18. The third kappa shape index (κ3) is 3.11. The Morgan fingerprint density at radius 2 is 2.17 bits per heavy atom. The summed E-state index contributed by atoms with van der Waals surface area (Å²) < 4.78 is 5.79. The Bertz CT molecular complexity index is 752. The molecule has 2 aliphatic rings. The fraction of sp³-hybridized carbons (Fsp3) is 0.611. The van der Waals surface area contributed by atoms with Crippen LogP contribution in [0.15, 0.2) is 6.33 Å². The van der Waals surface area contributed by atoms with E-state index in [9.17, 15) is 4.79 Å². The highest BCUT2D eigenvalue weighted by atomic mass is 32.1. The third-order valence-electron chi connectivity index (χ3n) is 5.12. The molecule has 2 heterocycles. The molecule has 1 unspecified atom stereocenters. The van der Waals surface area contributed by atoms with E-state index in [-0.39, 0.29) is 12.5 Å². The largest absolute Gasteiger partial charge is 0.467 e. The van der Waals surface area contributed by atoms with Crippen LogP contribution in [0.3, 0.4) is 0 Å². The first-order valence-corrected chi connectivity index (χ1v) is 9.69. The fourth-order valence-electron chi connectivity index (χ4n) is 3.83. The van der Waals surface area contributed by atoms with Crippen LogP contribution in [0.1, 0.15) is 49.5 Å². The molecule has 1 N–H and O–H groups in total. The standard InChI is InChI=1S/C18H23N3O2S/c1-11-6-7-13-14(8-11)24-18-16(13)17(19-10-20-18)23-9-15(22)21-12-4-2-3-5-12/h10-12H,2-9H2,1H3,(H,21,22). The van der Waals surface area contributed by atoms with Crippen molar-refractivity contribution in [3.8, 4) is 5.88 Å². The topological polar surface area (TPSA) is 64.1 Å². The number of hydrogen-bond acceptors (Lipinski definition) is 5. The van der Waals surface area contributed by atoms with Crippen LogP contribution in [0, 0.1) is 5.92 Å². The van der Waals surface area contributed by atoms with E-state index >= 15 is 0 Å². The van der Waals surface area contributed by atoms with E-state index in [0.717, 1.165) is 41.8 Å². The summed E-state index contributed by atoms with van der Waals surface area (Å²) in [4.78, 5) is 23.2. The number of amides is 1. The number of nitrogens with zero attached hydrogens (tertiary/aromatic N) is 2. The molecule has 24 heavy (non-hydrogen) atoms. The maximum absolute atomic E-state index is 12.1. The number of aryl methyl sites for hydroxylation is 1. The zero-order valence-corrected chi connectivity index (χ0v) is 14.8. The summed E-state index contributed by atoms with van der Waals surface area (Å²) >= 11 is 1.75. The number of ether oxygens (including phenoxy) is 1. The maximum atomic E-state index is 12.1. The van der Waals surface area contributed by atoms with Crippen LogP contribution >= 0.6 is 11.3 Å². The highest BCUT2D eigenvalue weighted by Crippen LogP contribution is 2.40. The van der Waals surface area contributed by atoms with Crippen molar-refractivity contribution in [2.24, 2.45) is 5.92 Å². The number of aromatic nitrogens is 2. The van der Waals surface area contributed by atoms with Crippen LogP contribution in [-0.4, -0.2) is 28.5 Å². The Hall–Kier alpha value is -1.69. The Morgan fingerprint density at radius 1 is 1.33 bits per heavy atom. The molecule has 0 spiro atoms. The Labute approximate surface area is 145 Å². The molecule has 4 rings (SSSR count). The van der Waals surface area contributed by atoms with Gasteiger partial charge in [-0.05, 0) is 43.6 Å². The fourth-order valence-corrected chi connectivity index (χ4v) is 5.17. The van der Waals surface area contributed by atoms with Gasteiger partial charge in [-0.2, -0.15) is 0 Å². The summed E-state index contributed by atoms with van der Waals surface area (Å²) in [5.74, 6) is 1.24. The average Bonchev–Trinajstić information content (AvgIpc) is 3.19. The maximum Gasteiger partial charge on any atom is 0.258 e. The van der Waals surface area contributed by atoms with Crippen molar-refractivity contribution in [1.29, 1.82) is 0 Å². The van der Waals surface area contributed by atoms with E-state index in [4.69, 9.17) is 4.74 Å². The van der Waals surface area contributed by atoms with E-state index in [1.807, 2.05) is 0 Å². The van der Waals surface area contributed by atoms with Gasteiger partial charge in [0, 0.05) is 10.9 Å². The average molecular weight is 345 g/mol. The van der Waals surface area contributed by atoms with E-state index in [1.165, 1.54) is 36.0 Å². The van der Waals surface area contributed by atoms with Crippen molar-refractivity contribution >= 4 is 27.5 Å². The van der Waals surface area contributed by atoms with Crippen molar-refractivity contribution in [2.75, 3.05) is 6.61 Å². The minimum absolute atomic E-state index is 0.0314. The van der Waals surface area contributed by atoms with E-state index in [1.54, 1.807) is 11.3 Å². The van der Waals surface area contributed by atoms with Crippen molar-refractivity contribution in [3.05, 3.63) is 16.8 Å². The molecule has 1 fully saturated rings. The molecule has 5 nitrogen and oxygen atoms in total. The van der Waals surface area contributed by atoms with Gasteiger partial charge in [-0.15, -0.1) is 11.3 Å². The first-order chi connectivity index (χ1) is 11.7. The van der Waals surface area contributed by atoms with Gasteiger partial charge in [0.25, 0.3) is 5.91 Å². The van der Waals surface area contributed by atoms with E-state index < -0.39 is 0 Å². The van der Waals surface area contributed by atoms with E-state index in [2.05, 4.69) is 22.2 Å². The SMILES string of the molecule is CC1CCc2c(sc3ncnc(OCC(=O)NC4CCCC4)c23)C1. The van der Waals surface area contributed by atoms with Crippen LogP contribution in [0.25, 0.3) is 10.2 Å². The number of thiophene rings is 1. The Kier molecular flexibility index (Phi) is 4.39. The van der Waals surface area contributed by atoms with Crippen LogP contribution in [-0.2, 0) is 17.6 Å². The Morgan fingerprint density at radius 3 is 3.00 bits per heavy atom. The molecule has 0 radical (unpaired) electrons. The molecule has 0 aliphatic heterocycles. The first kappa shape index (κ1) is 15.8. The lowest BCUT2D eigenvalue weighted by Gasteiger charge is -2.18. The van der Waals surface area contributed by atoms with Crippen molar-refractivity contribution in [2.45, 2.75) is 57.9 Å². The number of carbonyl (C=O) groups is 1. The van der Waals surface area contributed by atoms with Gasteiger partial charge in [0.1, 0.15) is 11.2 Å². The predicted octanol–water partition coefficient (Wildman–Crippen LogP) is 3.25. The first-order valence-electron chi connectivity index (χ1n) is 8.88. The second-order valence-electron chi connectivity index (χ2n) is 7.05. The molecule has 1 amide bonds.